The van der Waals surface area contributed by atoms with Gasteiger partial charge in [-0.3, -0.25) is 0 Å². The van der Waals surface area contributed by atoms with Crippen LogP contribution in [0.15, 0.2) is 16.5 Å². The van der Waals surface area contributed by atoms with Crippen molar-refractivity contribution in [2.75, 3.05) is 6.54 Å². The molecule has 1 fully saturated rings. The van der Waals surface area contributed by atoms with E-state index in [1.807, 2.05) is 0 Å². The summed E-state index contributed by atoms with van der Waals surface area (Å²) in [4.78, 5) is 22.4. The van der Waals surface area contributed by atoms with E-state index in [0.29, 0.717) is 12.3 Å². The number of hydrogen-bond acceptors (Lipinski definition) is 3. The summed E-state index contributed by atoms with van der Waals surface area (Å²) in [6.45, 7) is 3.05. The lowest BCUT2D eigenvalue weighted by Crippen LogP contribution is -2.42. The van der Waals surface area contributed by atoms with Crippen LogP contribution in [0.1, 0.15) is 55.3 Å². The van der Waals surface area contributed by atoms with E-state index in [4.69, 9.17) is 9.52 Å². The van der Waals surface area contributed by atoms with E-state index in [1.165, 1.54) is 25.3 Å². The molecule has 2 rings (SSSR count). The summed E-state index contributed by atoms with van der Waals surface area (Å²) in [7, 11) is 0. The minimum Gasteiger partial charge on any atom is -0.475 e. The maximum atomic E-state index is 11.8. The minimum atomic E-state index is -1.11. The molecule has 0 aromatic carbocycles. The number of amides is 2. The highest BCUT2D eigenvalue weighted by molar-refractivity contribution is 5.84. The lowest BCUT2D eigenvalue weighted by Gasteiger charge is -2.33. The first-order chi connectivity index (χ1) is 9.98. The van der Waals surface area contributed by atoms with Crippen molar-refractivity contribution < 1.29 is 19.1 Å². The zero-order valence-corrected chi connectivity index (χ0v) is 12.3. The van der Waals surface area contributed by atoms with Crippen molar-refractivity contribution in [2.24, 2.45) is 5.41 Å². The van der Waals surface area contributed by atoms with E-state index >= 15 is 0 Å². The van der Waals surface area contributed by atoms with Crippen LogP contribution in [-0.2, 0) is 6.54 Å². The standard InChI is InChI=1S/C15H22N2O4/c1-15(7-3-2-4-8-15)10-17-14(20)16-9-11-5-6-12(21-11)13(18)19/h5-6H,2-4,7-10H2,1H3,(H,18,19)(H2,16,17,20). The summed E-state index contributed by atoms with van der Waals surface area (Å²) >= 11 is 0. The van der Waals surface area contributed by atoms with E-state index in [-0.39, 0.29) is 23.8 Å². The lowest BCUT2D eigenvalue weighted by atomic mass is 9.76. The van der Waals surface area contributed by atoms with Gasteiger partial charge in [-0.25, -0.2) is 9.59 Å². The third kappa shape index (κ3) is 4.51. The molecule has 0 atom stereocenters. The molecule has 6 heteroatoms. The molecule has 2 amide bonds. The molecule has 21 heavy (non-hydrogen) atoms. The average molecular weight is 294 g/mol. The Morgan fingerprint density at radius 1 is 1.24 bits per heavy atom. The maximum absolute atomic E-state index is 11.8. The quantitative estimate of drug-likeness (QED) is 0.778. The number of rotatable bonds is 5. The van der Waals surface area contributed by atoms with Crippen molar-refractivity contribution in [3.63, 3.8) is 0 Å². The van der Waals surface area contributed by atoms with Crippen LogP contribution in [-0.4, -0.2) is 23.7 Å². The molecule has 1 aromatic heterocycles. The van der Waals surface area contributed by atoms with Crippen LogP contribution in [0, 0.1) is 5.41 Å². The lowest BCUT2D eigenvalue weighted by molar-refractivity contribution is 0.0660. The van der Waals surface area contributed by atoms with Gasteiger partial charge >= 0.3 is 12.0 Å². The summed E-state index contributed by atoms with van der Waals surface area (Å²) in [5, 5.41) is 14.3. The first-order valence-electron chi connectivity index (χ1n) is 7.32. The van der Waals surface area contributed by atoms with Crippen molar-refractivity contribution >= 4 is 12.0 Å². The van der Waals surface area contributed by atoms with Crippen LogP contribution in [0.2, 0.25) is 0 Å². The monoisotopic (exact) mass is 294 g/mol. The number of carbonyl (C=O) groups is 2. The van der Waals surface area contributed by atoms with Crippen molar-refractivity contribution in [1.29, 1.82) is 0 Å². The number of hydrogen-bond donors (Lipinski definition) is 3. The molecule has 1 aliphatic rings. The Balaban J connectivity index is 1.72. The fraction of sp³-hybridized carbons (Fsp3) is 0.600. The summed E-state index contributed by atoms with van der Waals surface area (Å²) in [5.74, 6) is -0.815. The van der Waals surface area contributed by atoms with Crippen molar-refractivity contribution in [3.8, 4) is 0 Å². The van der Waals surface area contributed by atoms with Gasteiger partial charge in [-0.2, -0.15) is 0 Å². The van der Waals surface area contributed by atoms with Gasteiger partial charge in [-0.05, 0) is 30.4 Å². The van der Waals surface area contributed by atoms with E-state index in [9.17, 15) is 9.59 Å². The Labute approximate surface area is 123 Å². The van der Waals surface area contributed by atoms with E-state index in [0.717, 1.165) is 12.8 Å². The normalized spacial score (nSPS) is 17.2. The Kier molecular flexibility index (Phi) is 4.88. The van der Waals surface area contributed by atoms with Gasteiger partial charge in [-0.15, -0.1) is 0 Å². The van der Waals surface area contributed by atoms with Crippen LogP contribution < -0.4 is 10.6 Å². The van der Waals surface area contributed by atoms with Gasteiger partial charge in [0.1, 0.15) is 5.76 Å². The molecular formula is C15H22N2O4. The predicted octanol–water partition coefficient (Wildman–Crippen LogP) is 2.75. The van der Waals surface area contributed by atoms with Crippen molar-refractivity contribution in [2.45, 2.75) is 45.6 Å². The molecule has 0 unspecified atom stereocenters. The molecule has 1 aliphatic carbocycles. The van der Waals surface area contributed by atoms with Gasteiger partial charge in [0.25, 0.3) is 0 Å². The molecule has 0 bridgehead atoms. The Bertz CT molecular complexity index is 504. The fourth-order valence-electron chi connectivity index (χ4n) is 2.69. The zero-order chi connectivity index (χ0) is 15.3. The molecule has 116 valence electrons. The number of aromatic carboxylic acids is 1. The summed E-state index contributed by atoms with van der Waals surface area (Å²) in [6.07, 6.45) is 6.03. The number of carboxylic acid groups (broad SMARTS) is 1. The second kappa shape index (κ2) is 6.65. The Hall–Kier alpha value is -1.98. The highest BCUT2D eigenvalue weighted by Crippen LogP contribution is 2.34. The van der Waals surface area contributed by atoms with E-state index in [1.54, 1.807) is 6.07 Å². The largest absolute Gasteiger partial charge is 0.475 e. The van der Waals surface area contributed by atoms with Gasteiger partial charge in [0.2, 0.25) is 5.76 Å². The SMILES string of the molecule is CC1(CNC(=O)NCc2ccc(C(=O)O)o2)CCCCC1. The number of carboxylic acids is 1. The van der Waals surface area contributed by atoms with Crippen molar-refractivity contribution in [1.82, 2.24) is 10.6 Å². The first-order valence-corrected chi connectivity index (χ1v) is 7.32. The molecule has 6 nitrogen and oxygen atoms in total. The van der Waals surface area contributed by atoms with Gasteiger partial charge in [0.05, 0.1) is 6.54 Å². The third-order valence-electron chi connectivity index (χ3n) is 4.03. The molecule has 1 saturated carbocycles. The first kappa shape index (κ1) is 15.4. The Morgan fingerprint density at radius 3 is 2.57 bits per heavy atom. The average Bonchev–Trinajstić information content (AvgIpc) is 2.93. The summed E-state index contributed by atoms with van der Waals surface area (Å²) < 4.78 is 5.07. The van der Waals surface area contributed by atoms with Crippen LogP contribution in [0.4, 0.5) is 4.79 Å². The van der Waals surface area contributed by atoms with Gasteiger partial charge < -0.3 is 20.2 Å². The second-order valence-corrected chi connectivity index (χ2v) is 5.98. The van der Waals surface area contributed by atoms with Gasteiger partial charge in [0, 0.05) is 6.54 Å². The van der Waals surface area contributed by atoms with Gasteiger partial charge in [-0.1, -0.05) is 26.2 Å². The van der Waals surface area contributed by atoms with E-state index in [2.05, 4.69) is 17.6 Å². The highest BCUT2D eigenvalue weighted by atomic mass is 16.4. The number of carbonyl (C=O) groups excluding carboxylic acids is 1. The van der Waals surface area contributed by atoms with Crippen LogP contribution in [0.25, 0.3) is 0 Å². The predicted molar refractivity (Wildman–Crippen MR) is 77.1 cm³/mol. The summed E-state index contributed by atoms with van der Waals surface area (Å²) in [5.41, 5.74) is 0.191. The van der Waals surface area contributed by atoms with Crippen LogP contribution in [0.3, 0.4) is 0 Å². The van der Waals surface area contributed by atoms with Crippen molar-refractivity contribution in [3.05, 3.63) is 23.7 Å². The number of urea groups is 1. The second-order valence-electron chi connectivity index (χ2n) is 5.98. The minimum absolute atomic E-state index is 0.123. The fourth-order valence-corrected chi connectivity index (χ4v) is 2.69. The third-order valence-corrected chi connectivity index (χ3v) is 4.03. The molecule has 0 saturated heterocycles. The molecule has 0 aliphatic heterocycles. The highest BCUT2D eigenvalue weighted by Gasteiger charge is 2.27. The van der Waals surface area contributed by atoms with Gasteiger partial charge in [0.15, 0.2) is 0 Å². The molecule has 0 radical (unpaired) electrons. The van der Waals surface area contributed by atoms with Crippen LogP contribution in [0.5, 0.6) is 0 Å². The smallest absolute Gasteiger partial charge is 0.371 e. The molecule has 3 N–H and O–H groups in total. The molecule has 1 heterocycles. The number of furan rings is 1. The van der Waals surface area contributed by atoms with E-state index < -0.39 is 5.97 Å². The Morgan fingerprint density at radius 2 is 1.95 bits per heavy atom. The molecule has 1 aromatic rings. The topological polar surface area (TPSA) is 91.6 Å². The molecular weight excluding hydrogens is 272 g/mol. The molecule has 0 spiro atoms. The maximum Gasteiger partial charge on any atom is 0.371 e. The zero-order valence-electron chi connectivity index (χ0n) is 12.3. The van der Waals surface area contributed by atoms with Crippen LogP contribution >= 0.6 is 0 Å². The number of nitrogens with one attached hydrogen (secondary N) is 2. The summed E-state index contributed by atoms with van der Waals surface area (Å²) in [6, 6.07) is 2.67.